The van der Waals surface area contributed by atoms with Crippen LogP contribution in [0.5, 0.6) is 0 Å². The maximum absolute atomic E-state index is 12.9. The van der Waals surface area contributed by atoms with Gasteiger partial charge in [-0.15, -0.1) is 0 Å². The minimum absolute atomic E-state index is 0.339. The fourth-order valence-corrected chi connectivity index (χ4v) is 3.85. The number of fused-ring (bicyclic) bond motifs is 2. The number of rotatable bonds is 2. The predicted molar refractivity (Wildman–Crippen MR) is 101 cm³/mol. The molecule has 0 saturated heterocycles. The maximum atomic E-state index is 12.9. The summed E-state index contributed by atoms with van der Waals surface area (Å²) < 4.78 is 40.7. The van der Waals surface area contributed by atoms with Crippen LogP contribution in [0.3, 0.4) is 0 Å². The first-order chi connectivity index (χ1) is 13.9. The minimum Gasteiger partial charge on any atom is -0.348 e. The van der Waals surface area contributed by atoms with Gasteiger partial charge < -0.3 is 9.88 Å². The van der Waals surface area contributed by atoms with Crippen molar-refractivity contribution >= 4 is 11.3 Å². The van der Waals surface area contributed by atoms with Crippen molar-refractivity contribution in [2.45, 2.75) is 25.6 Å². The average molecular weight is 398 g/mol. The number of alkyl halides is 3. The first-order valence-electron chi connectivity index (χ1n) is 9.19. The molecule has 1 atom stereocenters. The highest BCUT2D eigenvalue weighted by molar-refractivity contribution is 5.54. The Morgan fingerprint density at radius 2 is 2.00 bits per heavy atom. The Morgan fingerprint density at radius 3 is 2.72 bits per heavy atom. The number of anilines is 1. The van der Waals surface area contributed by atoms with E-state index in [9.17, 15) is 13.2 Å². The van der Waals surface area contributed by atoms with E-state index in [-0.39, 0.29) is 6.04 Å². The molecule has 1 aliphatic rings. The molecule has 4 aromatic rings. The predicted octanol–water partition coefficient (Wildman–Crippen LogP) is 3.93. The van der Waals surface area contributed by atoms with Crippen LogP contribution in [0.15, 0.2) is 48.9 Å². The number of nitrogens with one attached hydrogen (secondary N) is 1. The highest BCUT2D eigenvalue weighted by atomic mass is 19.4. The fourth-order valence-electron chi connectivity index (χ4n) is 3.85. The molecule has 0 fully saturated rings. The van der Waals surface area contributed by atoms with Gasteiger partial charge in [-0.1, -0.05) is 6.07 Å². The van der Waals surface area contributed by atoms with E-state index < -0.39 is 11.7 Å². The topological polar surface area (TPSA) is 62.1 Å². The second kappa shape index (κ2) is 6.33. The van der Waals surface area contributed by atoms with Crippen LogP contribution in [0.25, 0.3) is 5.52 Å². The van der Waals surface area contributed by atoms with Crippen LogP contribution in [-0.2, 0) is 12.6 Å². The van der Waals surface area contributed by atoms with E-state index in [1.807, 2.05) is 40.6 Å². The van der Waals surface area contributed by atoms with Gasteiger partial charge in [-0.05, 0) is 37.3 Å². The molecule has 0 aromatic carbocycles. The summed E-state index contributed by atoms with van der Waals surface area (Å²) in [7, 11) is 0. The smallest absolute Gasteiger partial charge is 0.348 e. The summed E-state index contributed by atoms with van der Waals surface area (Å²) in [5.74, 6) is 0.463. The molecule has 0 bridgehead atoms. The molecule has 0 unspecified atom stereocenters. The molecule has 0 amide bonds. The number of halogens is 3. The van der Waals surface area contributed by atoms with Gasteiger partial charge in [0, 0.05) is 30.6 Å². The highest BCUT2D eigenvalue weighted by Crippen LogP contribution is 2.37. The lowest BCUT2D eigenvalue weighted by molar-refractivity contribution is -0.137. The SMILES string of the molecule is Cc1cccc2cc([C@H]3c4nc[nH]c4CCN3c3ccc(C(F)(F)F)cn3)nn12. The van der Waals surface area contributed by atoms with Gasteiger partial charge in [0.1, 0.15) is 11.9 Å². The fraction of sp³-hybridized carbons (Fsp3) is 0.250. The van der Waals surface area contributed by atoms with E-state index >= 15 is 0 Å². The summed E-state index contributed by atoms with van der Waals surface area (Å²) in [6, 6.07) is 10.0. The number of hydrogen-bond donors (Lipinski definition) is 1. The lowest BCUT2D eigenvalue weighted by Gasteiger charge is -2.35. The van der Waals surface area contributed by atoms with E-state index in [4.69, 9.17) is 5.10 Å². The zero-order valence-electron chi connectivity index (χ0n) is 15.5. The van der Waals surface area contributed by atoms with Crippen LogP contribution < -0.4 is 4.90 Å². The Morgan fingerprint density at radius 1 is 1.14 bits per heavy atom. The second-order valence-electron chi connectivity index (χ2n) is 7.09. The molecule has 1 N–H and O–H groups in total. The van der Waals surface area contributed by atoms with Crippen molar-refractivity contribution < 1.29 is 13.2 Å². The molecule has 4 aromatic heterocycles. The Hall–Kier alpha value is -3.36. The number of aryl methyl sites for hydroxylation is 1. The van der Waals surface area contributed by atoms with Crippen LogP contribution in [-0.4, -0.2) is 31.1 Å². The minimum atomic E-state index is -4.42. The Bertz CT molecular complexity index is 1180. The van der Waals surface area contributed by atoms with Crippen molar-refractivity contribution in [1.82, 2.24) is 24.6 Å². The van der Waals surface area contributed by atoms with Gasteiger partial charge in [0.05, 0.1) is 28.8 Å². The summed E-state index contributed by atoms with van der Waals surface area (Å²) in [6.45, 7) is 2.56. The lowest BCUT2D eigenvalue weighted by Crippen LogP contribution is -2.37. The number of nitrogens with zero attached hydrogens (tertiary/aromatic N) is 5. The van der Waals surface area contributed by atoms with Crippen LogP contribution in [0, 0.1) is 6.92 Å². The lowest BCUT2D eigenvalue weighted by atomic mass is 9.99. The summed E-state index contributed by atoms with van der Waals surface area (Å²) in [6.07, 6.45) is -1.20. The van der Waals surface area contributed by atoms with Gasteiger partial charge in [0.15, 0.2) is 0 Å². The van der Waals surface area contributed by atoms with E-state index in [1.165, 1.54) is 6.07 Å². The molecule has 6 nitrogen and oxygen atoms in total. The molecule has 9 heteroatoms. The number of aromatic nitrogens is 5. The zero-order valence-corrected chi connectivity index (χ0v) is 15.5. The summed E-state index contributed by atoms with van der Waals surface area (Å²) in [5, 5.41) is 4.76. The molecule has 0 radical (unpaired) electrons. The van der Waals surface area contributed by atoms with Gasteiger partial charge >= 0.3 is 6.18 Å². The van der Waals surface area contributed by atoms with E-state index in [0.717, 1.165) is 40.6 Å². The van der Waals surface area contributed by atoms with Gasteiger partial charge in [-0.3, -0.25) is 0 Å². The third kappa shape index (κ3) is 2.93. The molecule has 1 aliphatic heterocycles. The number of pyridine rings is 2. The van der Waals surface area contributed by atoms with Crippen LogP contribution >= 0.6 is 0 Å². The van der Waals surface area contributed by atoms with E-state index in [0.29, 0.717) is 18.8 Å². The summed E-state index contributed by atoms with van der Waals surface area (Å²) in [5.41, 5.74) is 3.77. The number of H-pyrrole nitrogens is 1. The molecule has 0 spiro atoms. The van der Waals surface area contributed by atoms with Crippen molar-refractivity contribution in [2.24, 2.45) is 0 Å². The maximum Gasteiger partial charge on any atom is 0.417 e. The Kier molecular flexibility index (Phi) is 3.87. The standard InChI is InChI=1S/C20H17F3N6/c1-12-3-2-4-14-9-16(27-29(12)14)19-18-15(25-11-26-18)7-8-28(19)17-6-5-13(10-24-17)20(21,22)23/h2-6,9-11,19H,7-8H2,1H3,(H,25,26)/t19-/m0/s1. The van der Waals surface area contributed by atoms with E-state index in [1.54, 1.807) is 6.33 Å². The third-order valence-electron chi connectivity index (χ3n) is 5.27. The van der Waals surface area contributed by atoms with Crippen molar-refractivity contribution in [3.05, 3.63) is 77.3 Å². The number of aromatic amines is 1. The van der Waals surface area contributed by atoms with Crippen molar-refractivity contribution in [1.29, 1.82) is 0 Å². The van der Waals surface area contributed by atoms with Crippen LogP contribution in [0.4, 0.5) is 19.0 Å². The summed E-state index contributed by atoms with van der Waals surface area (Å²) in [4.78, 5) is 13.7. The van der Waals surface area contributed by atoms with Gasteiger partial charge in [0.2, 0.25) is 0 Å². The monoisotopic (exact) mass is 398 g/mol. The Balaban J connectivity index is 1.61. The van der Waals surface area contributed by atoms with Crippen molar-refractivity contribution in [3.8, 4) is 0 Å². The molecule has 5 heterocycles. The van der Waals surface area contributed by atoms with Crippen LogP contribution in [0.2, 0.25) is 0 Å². The zero-order chi connectivity index (χ0) is 20.2. The van der Waals surface area contributed by atoms with Gasteiger partial charge in [-0.2, -0.15) is 18.3 Å². The molecular formula is C20H17F3N6. The van der Waals surface area contributed by atoms with Gasteiger partial charge in [0.25, 0.3) is 0 Å². The first kappa shape index (κ1) is 17.7. The normalized spacial score (nSPS) is 17.0. The average Bonchev–Trinajstić information content (AvgIpc) is 3.34. The number of hydrogen-bond acceptors (Lipinski definition) is 4. The number of imidazole rings is 1. The first-order valence-corrected chi connectivity index (χ1v) is 9.19. The highest BCUT2D eigenvalue weighted by Gasteiger charge is 2.35. The third-order valence-corrected chi connectivity index (χ3v) is 5.27. The molecular weight excluding hydrogens is 381 g/mol. The van der Waals surface area contributed by atoms with Crippen molar-refractivity contribution in [2.75, 3.05) is 11.4 Å². The molecule has 0 aliphatic carbocycles. The molecule has 0 saturated carbocycles. The Labute approximate surface area is 164 Å². The quantitative estimate of drug-likeness (QED) is 0.556. The molecule has 148 valence electrons. The van der Waals surface area contributed by atoms with Crippen molar-refractivity contribution in [3.63, 3.8) is 0 Å². The molecule has 29 heavy (non-hydrogen) atoms. The summed E-state index contributed by atoms with van der Waals surface area (Å²) >= 11 is 0. The second-order valence-corrected chi connectivity index (χ2v) is 7.09. The largest absolute Gasteiger partial charge is 0.417 e. The molecule has 5 rings (SSSR count). The van der Waals surface area contributed by atoms with E-state index in [2.05, 4.69) is 15.0 Å². The van der Waals surface area contributed by atoms with Crippen LogP contribution in [0.1, 0.15) is 34.4 Å². The van der Waals surface area contributed by atoms with Gasteiger partial charge in [-0.25, -0.2) is 14.5 Å².